The summed E-state index contributed by atoms with van der Waals surface area (Å²) in [5.41, 5.74) is 0. The fraction of sp³-hybridized carbons (Fsp3) is 0.545. The van der Waals surface area contributed by atoms with Crippen molar-refractivity contribution in [2.45, 2.75) is 45.4 Å². The number of carbonyl (C=O) groups excluding carboxylic acids is 2. The lowest BCUT2D eigenvalue weighted by Crippen LogP contribution is -2.45. The van der Waals surface area contributed by atoms with Crippen LogP contribution in [-0.2, 0) is 9.59 Å². The van der Waals surface area contributed by atoms with E-state index in [0.717, 1.165) is 19.3 Å². The van der Waals surface area contributed by atoms with Gasteiger partial charge < -0.3 is 9.80 Å². The molecule has 4 heteroatoms. The fourth-order valence-corrected chi connectivity index (χ4v) is 2.88. The van der Waals surface area contributed by atoms with Gasteiger partial charge in [-0.1, -0.05) is 63.3 Å². The van der Waals surface area contributed by atoms with E-state index in [9.17, 15) is 9.59 Å². The summed E-state index contributed by atoms with van der Waals surface area (Å²) < 4.78 is 0. The van der Waals surface area contributed by atoms with E-state index in [1.807, 2.05) is 0 Å². The standard InChI is InChI=1S/C22H36N2O2/c1-6-11-12-13-14-15-20(21(25)23(16-7-2)17-8-3)22(26)24(18-9-4)19-10-5/h7-10,20H,2-6,11-19H2,1H3. The zero-order valence-corrected chi connectivity index (χ0v) is 16.5. The quantitative estimate of drug-likeness (QED) is 0.233. The number of rotatable bonds is 16. The van der Waals surface area contributed by atoms with Crippen molar-refractivity contribution in [2.24, 2.45) is 5.92 Å². The summed E-state index contributed by atoms with van der Waals surface area (Å²) >= 11 is 0. The van der Waals surface area contributed by atoms with Gasteiger partial charge in [-0.2, -0.15) is 0 Å². The Kier molecular flexibility index (Phi) is 14.0. The Balaban J connectivity index is 5.27. The van der Waals surface area contributed by atoms with E-state index < -0.39 is 5.92 Å². The number of hydrogen-bond donors (Lipinski definition) is 0. The minimum atomic E-state index is -0.670. The van der Waals surface area contributed by atoms with E-state index in [1.165, 1.54) is 12.8 Å². The molecular formula is C22H36N2O2. The monoisotopic (exact) mass is 360 g/mol. The zero-order chi connectivity index (χ0) is 19.8. The van der Waals surface area contributed by atoms with Crippen molar-refractivity contribution in [3.8, 4) is 0 Å². The van der Waals surface area contributed by atoms with Crippen LogP contribution in [0.4, 0.5) is 0 Å². The summed E-state index contributed by atoms with van der Waals surface area (Å²) in [6.07, 6.45) is 12.7. The van der Waals surface area contributed by atoms with Crippen molar-refractivity contribution in [1.29, 1.82) is 0 Å². The maximum atomic E-state index is 13.0. The summed E-state index contributed by atoms with van der Waals surface area (Å²) in [4.78, 5) is 29.3. The van der Waals surface area contributed by atoms with Crippen LogP contribution >= 0.6 is 0 Å². The molecule has 0 unspecified atom stereocenters. The van der Waals surface area contributed by atoms with Crippen molar-refractivity contribution in [1.82, 2.24) is 9.80 Å². The third-order valence-electron chi connectivity index (χ3n) is 4.21. The molecule has 0 fully saturated rings. The second-order valence-corrected chi connectivity index (χ2v) is 6.40. The number of nitrogens with zero attached hydrogens (tertiary/aromatic N) is 2. The zero-order valence-electron chi connectivity index (χ0n) is 16.5. The summed E-state index contributed by atoms with van der Waals surface area (Å²) in [6, 6.07) is 0. The molecule has 4 nitrogen and oxygen atoms in total. The minimum absolute atomic E-state index is 0.150. The molecule has 0 heterocycles. The highest BCUT2D eigenvalue weighted by atomic mass is 16.2. The van der Waals surface area contributed by atoms with Crippen LogP contribution < -0.4 is 0 Å². The molecule has 0 N–H and O–H groups in total. The molecule has 0 radical (unpaired) electrons. The van der Waals surface area contributed by atoms with E-state index in [-0.39, 0.29) is 11.8 Å². The van der Waals surface area contributed by atoms with Crippen molar-refractivity contribution >= 4 is 11.8 Å². The van der Waals surface area contributed by atoms with Crippen molar-refractivity contribution in [2.75, 3.05) is 26.2 Å². The minimum Gasteiger partial charge on any atom is -0.335 e. The average Bonchev–Trinajstić information content (AvgIpc) is 2.63. The molecule has 0 rings (SSSR count). The van der Waals surface area contributed by atoms with Crippen LogP contribution in [0.15, 0.2) is 50.6 Å². The van der Waals surface area contributed by atoms with Crippen molar-refractivity contribution in [3.63, 3.8) is 0 Å². The molecule has 146 valence electrons. The fourth-order valence-electron chi connectivity index (χ4n) is 2.88. The van der Waals surface area contributed by atoms with Crippen LogP contribution in [0.1, 0.15) is 45.4 Å². The van der Waals surface area contributed by atoms with Crippen LogP contribution in [-0.4, -0.2) is 47.8 Å². The first-order valence-electron chi connectivity index (χ1n) is 9.58. The first kappa shape index (κ1) is 23.9. The van der Waals surface area contributed by atoms with Gasteiger partial charge in [0.05, 0.1) is 0 Å². The molecule has 0 bridgehead atoms. The summed E-state index contributed by atoms with van der Waals surface area (Å²) in [7, 11) is 0. The highest BCUT2D eigenvalue weighted by Crippen LogP contribution is 2.18. The maximum absolute atomic E-state index is 13.0. The van der Waals surface area contributed by atoms with Gasteiger partial charge in [-0.15, -0.1) is 26.3 Å². The second-order valence-electron chi connectivity index (χ2n) is 6.40. The molecule has 26 heavy (non-hydrogen) atoms. The van der Waals surface area contributed by atoms with Gasteiger partial charge in [0.2, 0.25) is 11.8 Å². The van der Waals surface area contributed by atoms with E-state index >= 15 is 0 Å². The largest absolute Gasteiger partial charge is 0.335 e. The van der Waals surface area contributed by atoms with Gasteiger partial charge in [-0.05, 0) is 6.42 Å². The van der Waals surface area contributed by atoms with Gasteiger partial charge in [0.1, 0.15) is 5.92 Å². The topological polar surface area (TPSA) is 40.6 Å². The Bertz CT molecular complexity index is 415. The first-order valence-corrected chi connectivity index (χ1v) is 9.58. The molecular weight excluding hydrogens is 324 g/mol. The Labute approximate surface area is 159 Å². The van der Waals surface area contributed by atoms with E-state index in [2.05, 4.69) is 33.2 Å². The maximum Gasteiger partial charge on any atom is 0.235 e. The molecule has 0 aliphatic rings. The van der Waals surface area contributed by atoms with Gasteiger partial charge in [-0.3, -0.25) is 9.59 Å². The van der Waals surface area contributed by atoms with Gasteiger partial charge in [0, 0.05) is 26.2 Å². The average molecular weight is 361 g/mol. The molecule has 0 atom stereocenters. The van der Waals surface area contributed by atoms with Crippen LogP contribution in [0, 0.1) is 5.92 Å². The predicted molar refractivity (Wildman–Crippen MR) is 111 cm³/mol. The second kappa shape index (κ2) is 15.2. The Hall–Kier alpha value is -2.10. The highest BCUT2D eigenvalue weighted by molar-refractivity contribution is 6.00. The third-order valence-corrected chi connectivity index (χ3v) is 4.21. The number of hydrogen-bond acceptors (Lipinski definition) is 2. The Morgan fingerprint density at radius 3 is 1.46 bits per heavy atom. The summed E-state index contributed by atoms with van der Waals surface area (Å²) in [5.74, 6) is -0.969. The lowest BCUT2D eigenvalue weighted by Gasteiger charge is -2.29. The molecule has 0 saturated carbocycles. The molecule has 0 aliphatic carbocycles. The van der Waals surface area contributed by atoms with Gasteiger partial charge in [0.15, 0.2) is 0 Å². The Morgan fingerprint density at radius 1 is 0.731 bits per heavy atom. The predicted octanol–water partition coefficient (Wildman–Crippen LogP) is 4.36. The summed E-state index contributed by atoms with van der Waals surface area (Å²) in [5, 5.41) is 0. The number of amides is 2. The molecule has 0 aromatic carbocycles. The number of carbonyl (C=O) groups is 2. The van der Waals surface area contributed by atoms with Crippen LogP contribution in [0.25, 0.3) is 0 Å². The molecule has 2 amide bonds. The van der Waals surface area contributed by atoms with Crippen LogP contribution in [0.3, 0.4) is 0 Å². The smallest absolute Gasteiger partial charge is 0.235 e. The van der Waals surface area contributed by atoms with Crippen LogP contribution in [0.5, 0.6) is 0 Å². The molecule has 0 aromatic rings. The Morgan fingerprint density at radius 2 is 1.12 bits per heavy atom. The first-order chi connectivity index (χ1) is 12.6. The normalized spacial score (nSPS) is 10.2. The SMILES string of the molecule is C=CCN(CC=C)C(=O)C(CCCCCCC)C(=O)N(CC=C)CC=C. The van der Waals surface area contributed by atoms with E-state index in [0.29, 0.717) is 32.6 Å². The lowest BCUT2D eigenvalue weighted by molar-refractivity contribution is -0.146. The van der Waals surface area contributed by atoms with Crippen LogP contribution in [0.2, 0.25) is 0 Å². The highest BCUT2D eigenvalue weighted by Gasteiger charge is 2.32. The van der Waals surface area contributed by atoms with E-state index in [1.54, 1.807) is 34.1 Å². The number of unbranched alkanes of at least 4 members (excludes halogenated alkanes) is 4. The molecule has 0 aliphatic heterocycles. The van der Waals surface area contributed by atoms with E-state index in [4.69, 9.17) is 0 Å². The lowest BCUT2D eigenvalue weighted by atomic mass is 9.97. The third kappa shape index (κ3) is 8.84. The van der Waals surface area contributed by atoms with Gasteiger partial charge in [0.25, 0.3) is 0 Å². The molecule has 0 spiro atoms. The summed E-state index contributed by atoms with van der Waals surface area (Å²) in [6.45, 7) is 18.6. The van der Waals surface area contributed by atoms with Crippen molar-refractivity contribution in [3.05, 3.63) is 50.6 Å². The molecule has 0 aromatic heterocycles. The molecule has 0 saturated heterocycles. The van der Waals surface area contributed by atoms with Gasteiger partial charge >= 0.3 is 0 Å². The van der Waals surface area contributed by atoms with Crippen molar-refractivity contribution < 1.29 is 9.59 Å². The van der Waals surface area contributed by atoms with Gasteiger partial charge in [-0.25, -0.2) is 0 Å².